The Balaban J connectivity index is 1.81. The van der Waals surface area contributed by atoms with Crippen molar-refractivity contribution in [2.24, 2.45) is 0 Å². The van der Waals surface area contributed by atoms with E-state index in [1.54, 1.807) is 17.0 Å². The van der Waals surface area contributed by atoms with Crippen LogP contribution in [0.15, 0.2) is 78.9 Å². The van der Waals surface area contributed by atoms with Gasteiger partial charge in [-0.25, -0.2) is 4.39 Å². The number of hydrogen-bond donors (Lipinski definition) is 1. The minimum atomic E-state index is -0.623. The van der Waals surface area contributed by atoms with Gasteiger partial charge in [-0.2, -0.15) is 0 Å². The van der Waals surface area contributed by atoms with Crippen molar-refractivity contribution in [3.8, 4) is 0 Å². The topological polar surface area (TPSA) is 49.4 Å². The molecule has 0 radical (unpaired) electrons. The van der Waals surface area contributed by atoms with E-state index >= 15 is 0 Å². The number of benzene rings is 3. The average Bonchev–Trinajstić information content (AvgIpc) is 2.84. The largest absolute Gasteiger partial charge is 0.355 e. The number of likely N-dealkylation sites (N-methyl/N-ethyl adjacent to an activating group) is 1. The molecule has 1 atom stereocenters. The lowest BCUT2D eigenvalue weighted by Crippen LogP contribution is -2.51. The van der Waals surface area contributed by atoms with Gasteiger partial charge in [0.05, 0.1) is 5.75 Å². The molecule has 0 heterocycles. The van der Waals surface area contributed by atoms with Crippen LogP contribution in [0.5, 0.6) is 0 Å². The summed E-state index contributed by atoms with van der Waals surface area (Å²) in [6.07, 6.45) is 0.437. The lowest BCUT2D eigenvalue weighted by Gasteiger charge is -2.31. The Labute approximate surface area is 205 Å². The molecule has 0 fully saturated rings. The van der Waals surface area contributed by atoms with Gasteiger partial charge in [-0.1, -0.05) is 72.3 Å². The Kier molecular flexibility index (Phi) is 9.71. The van der Waals surface area contributed by atoms with Gasteiger partial charge in [-0.3, -0.25) is 9.59 Å². The van der Waals surface area contributed by atoms with Crippen LogP contribution >= 0.6 is 11.8 Å². The molecule has 4 nitrogen and oxygen atoms in total. The number of thioether (sulfide) groups is 1. The number of nitrogens with one attached hydrogen (secondary N) is 1. The second-order valence-electron chi connectivity index (χ2n) is 8.23. The standard InChI is InChI=1S/C28H31FN2O2S/c1-3-30-28(33)26(17-22-7-5-4-6-8-22)31(18-23-11-9-21(2)10-12-23)27(32)20-34-19-24-13-15-25(29)16-14-24/h4-16,26H,3,17-20H2,1-2H3,(H,30,33)/t26-/m0/s1. The second kappa shape index (κ2) is 12.9. The first-order valence-corrected chi connectivity index (χ1v) is 12.6. The SMILES string of the molecule is CCNC(=O)[C@H](Cc1ccccc1)N(Cc1ccc(C)cc1)C(=O)CSCc1ccc(F)cc1. The number of amides is 2. The number of aryl methyl sites for hydroxylation is 1. The highest BCUT2D eigenvalue weighted by atomic mass is 32.2. The van der Waals surface area contributed by atoms with Gasteiger partial charge in [0.1, 0.15) is 11.9 Å². The Hall–Kier alpha value is -3.12. The van der Waals surface area contributed by atoms with Crippen molar-refractivity contribution in [2.45, 2.75) is 38.6 Å². The van der Waals surface area contributed by atoms with E-state index in [9.17, 15) is 14.0 Å². The molecule has 6 heteroatoms. The van der Waals surface area contributed by atoms with Crippen LogP contribution in [0, 0.1) is 12.7 Å². The first-order chi connectivity index (χ1) is 16.5. The van der Waals surface area contributed by atoms with E-state index < -0.39 is 6.04 Å². The molecule has 3 rings (SSSR count). The molecule has 0 aliphatic rings. The van der Waals surface area contributed by atoms with Crippen molar-refractivity contribution in [1.29, 1.82) is 0 Å². The first-order valence-electron chi connectivity index (χ1n) is 11.4. The number of hydrogen-bond acceptors (Lipinski definition) is 3. The maximum atomic E-state index is 13.5. The van der Waals surface area contributed by atoms with E-state index in [-0.39, 0.29) is 23.4 Å². The van der Waals surface area contributed by atoms with Crippen LogP contribution in [0.25, 0.3) is 0 Å². The Morgan fingerprint density at radius 2 is 1.56 bits per heavy atom. The van der Waals surface area contributed by atoms with E-state index in [2.05, 4.69) is 5.32 Å². The molecule has 0 saturated heterocycles. The van der Waals surface area contributed by atoms with Gasteiger partial charge < -0.3 is 10.2 Å². The average molecular weight is 479 g/mol. The van der Waals surface area contributed by atoms with Gasteiger partial charge in [0.2, 0.25) is 11.8 Å². The molecule has 0 unspecified atom stereocenters. The van der Waals surface area contributed by atoms with Crippen molar-refractivity contribution >= 4 is 23.6 Å². The third-order valence-corrected chi connectivity index (χ3v) is 6.49. The summed E-state index contributed by atoms with van der Waals surface area (Å²) in [7, 11) is 0. The summed E-state index contributed by atoms with van der Waals surface area (Å²) < 4.78 is 13.2. The van der Waals surface area contributed by atoms with Gasteiger partial charge in [0.25, 0.3) is 0 Å². The van der Waals surface area contributed by atoms with E-state index in [0.717, 1.165) is 22.3 Å². The Morgan fingerprint density at radius 3 is 2.21 bits per heavy atom. The van der Waals surface area contributed by atoms with Gasteiger partial charge in [-0.15, -0.1) is 11.8 Å². The minimum Gasteiger partial charge on any atom is -0.355 e. The van der Waals surface area contributed by atoms with Crippen LogP contribution in [0.4, 0.5) is 4.39 Å². The van der Waals surface area contributed by atoms with Crippen LogP contribution in [-0.4, -0.2) is 35.1 Å². The lowest BCUT2D eigenvalue weighted by atomic mass is 10.0. The maximum absolute atomic E-state index is 13.5. The molecule has 0 spiro atoms. The zero-order valence-corrected chi connectivity index (χ0v) is 20.5. The summed E-state index contributed by atoms with van der Waals surface area (Å²) in [5.41, 5.74) is 4.07. The zero-order chi connectivity index (χ0) is 24.3. The number of halogens is 1. The fourth-order valence-corrected chi connectivity index (χ4v) is 4.53. The molecular formula is C28H31FN2O2S. The van der Waals surface area contributed by atoms with Crippen molar-refractivity contribution in [1.82, 2.24) is 10.2 Å². The highest BCUT2D eigenvalue weighted by molar-refractivity contribution is 7.99. The van der Waals surface area contributed by atoms with Crippen molar-refractivity contribution < 1.29 is 14.0 Å². The minimum absolute atomic E-state index is 0.0973. The Bertz CT molecular complexity index is 1060. The van der Waals surface area contributed by atoms with Gasteiger partial charge >= 0.3 is 0 Å². The van der Waals surface area contributed by atoms with Crippen molar-refractivity contribution in [3.63, 3.8) is 0 Å². The lowest BCUT2D eigenvalue weighted by molar-refractivity contribution is -0.139. The predicted octanol–water partition coefficient (Wildman–Crippen LogP) is 5.14. The molecule has 0 aromatic heterocycles. The van der Waals surface area contributed by atoms with E-state index in [1.165, 1.54) is 23.9 Å². The van der Waals surface area contributed by atoms with Crippen molar-refractivity contribution in [2.75, 3.05) is 12.3 Å². The quantitative estimate of drug-likeness (QED) is 0.415. The predicted molar refractivity (Wildman–Crippen MR) is 137 cm³/mol. The smallest absolute Gasteiger partial charge is 0.243 e. The number of carbonyl (C=O) groups is 2. The summed E-state index contributed by atoms with van der Waals surface area (Å²) in [4.78, 5) is 28.3. The summed E-state index contributed by atoms with van der Waals surface area (Å²) in [6, 6.07) is 23.5. The summed E-state index contributed by atoms with van der Waals surface area (Å²) >= 11 is 1.47. The summed E-state index contributed by atoms with van der Waals surface area (Å²) in [6.45, 7) is 4.74. The molecule has 3 aromatic carbocycles. The van der Waals surface area contributed by atoms with Crippen molar-refractivity contribution in [3.05, 3.63) is 107 Å². The van der Waals surface area contributed by atoms with Crippen LogP contribution in [0.2, 0.25) is 0 Å². The number of nitrogens with zero attached hydrogens (tertiary/aromatic N) is 1. The van der Waals surface area contributed by atoms with E-state index in [1.807, 2.05) is 68.4 Å². The van der Waals surface area contributed by atoms with Gasteiger partial charge in [0, 0.05) is 25.3 Å². The van der Waals surface area contributed by atoms with E-state index in [4.69, 9.17) is 0 Å². The van der Waals surface area contributed by atoms with Gasteiger partial charge in [0.15, 0.2) is 0 Å². The highest BCUT2D eigenvalue weighted by Crippen LogP contribution is 2.19. The molecule has 0 bridgehead atoms. The maximum Gasteiger partial charge on any atom is 0.243 e. The number of carbonyl (C=O) groups excluding carboxylic acids is 2. The molecule has 0 aliphatic carbocycles. The molecule has 0 saturated carbocycles. The fraction of sp³-hybridized carbons (Fsp3) is 0.286. The monoisotopic (exact) mass is 478 g/mol. The third kappa shape index (κ3) is 7.73. The molecular weight excluding hydrogens is 447 g/mol. The molecule has 3 aromatic rings. The number of rotatable bonds is 11. The zero-order valence-electron chi connectivity index (χ0n) is 19.7. The van der Waals surface area contributed by atoms with Crippen LogP contribution in [-0.2, 0) is 28.3 Å². The van der Waals surface area contributed by atoms with Gasteiger partial charge in [-0.05, 0) is 42.7 Å². The Morgan fingerprint density at radius 1 is 0.912 bits per heavy atom. The normalized spacial score (nSPS) is 11.6. The third-order valence-electron chi connectivity index (χ3n) is 5.50. The molecule has 34 heavy (non-hydrogen) atoms. The highest BCUT2D eigenvalue weighted by Gasteiger charge is 2.30. The molecule has 2 amide bonds. The summed E-state index contributed by atoms with van der Waals surface area (Å²) in [5.74, 6) is 0.290. The van der Waals surface area contributed by atoms with Crippen LogP contribution < -0.4 is 5.32 Å². The summed E-state index contributed by atoms with van der Waals surface area (Å²) in [5, 5.41) is 2.91. The first kappa shape index (κ1) is 25.5. The molecule has 1 N–H and O–H groups in total. The van der Waals surface area contributed by atoms with Crippen LogP contribution in [0.1, 0.15) is 29.2 Å². The fourth-order valence-electron chi connectivity index (χ4n) is 3.66. The molecule has 178 valence electrons. The van der Waals surface area contributed by atoms with E-state index in [0.29, 0.717) is 25.3 Å². The second-order valence-corrected chi connectivity index (χ2v) is 9.21. The molecule has 0 aliphatic heterocycles. The van der Waals surface area contributed by atoms with Crippen LogP contribution in [0.3, 0.4) is 0 Å².